The van der Waals surface area contributed by atoms with E-state index in [0.29, 0.717) is 5.69 Å². The van der Waals surface area contributed by atoms with Crippen LogP contribution in [0.4, 0.5) is 10.5 Å². The van der Waals surface area contributed by atoms with Gasteiger partial charge in [-0.15, -0.1) is 0 Å². The maximum absolute atomic E-state index is 11.8. The third-order valence-corrected chi connectivity index (χ3v) is 2.56. The minimum Gasteiger partial charge on any atom is -0.446 e. The summed E-state index contributed by atoms with van der Waals surface area (Å²) in [5.41, 5.74) is 0.579. The third-order valence-electron chi connectivity index (χ3n) is 1.87. The van der Waals surface area contributed by atoms with Gasteiger partial charge < -0.3 is 4.74 Å². The Morgan fingerprint density at radius 2 is 1.89 bits per heavy atom. The molecule has 97 valence electrons. The Bertz CT molecular complexity index is 406. The quantitative estimate of drug-likeness (QED) is 0.670. The van der Waals surface area contributed by atoms with Gasteiger partial charge in [0.2, 0.25) is 6.29 Å². The van der Waals surface area contributed by atoms with Gasteiger partial charge in [-0.25, -0.2) is 4.79 Å². The molecule has 0 saturated carbocycles. The highest BCUT2D eigenvalue weighted by atomic mass is 80.0. The Hall–Kier alpha value is -0.400. The van der Waals surface area contributed by atoms with E-state index in [4.69, 9.17) is 4.74 Å². The summed E-state index contributed by atoms with van der Waals surface area (Å²) in [4.78, 5) is 23.5. The van der Waals surface area contributed by atoms with Crippen molar-refractivity contribution in [2.45, 2.75) is 2.14 Å². The van der Waals surface area contributed by atoms with E-state index in [-0.39, 0.29) is 13.2 Å². The van der Waals surface area contributed by atoms with Crippen LogP contribution in [0.25, 0.3) is 0 Å². The summed E-state index contributed by atoms with van der Waals surface area (Å²) in [7, 11) is 0. The molecule has 0 aromatic heterocycles. The molecular formula is C11H9Br3NO3. The summed E-state index contributed by atoms with van der Waals surface area (Å²) in [6, 6.07) is 8.77. The van der Waals surface area contributed by atoms with Crippen LogP contribution in [0.1, 0.15) is 0 Å². The Labute approximate surface area is 130 Å². The number of hydrogen-bond acceptors (Lipinski definition) is 3. The summed E-state index contributed by atoms with van der Waals surface area (Å²) < 4.78 is 4.37. The summed E-state index contributed by atoms with van der Waals surface area (Å²) >= 11 is 9.63. The second-order valence-corrected chi connectivity index (χ2v) is 10.5. The fraction of sp³-hybridized carbons (Fsp3) is 0.273. The smallest absolute Gasteiger partial charge is 0.414 e. The molecule has 0 aliphatic rings. The molecule has 1 rings (SSSR count). The average molecular weight is 443 g/mol. The number of carbonyl (C=O) groups excluding carboxylic acids is 2. The van der Waals surface area contributed by atoms with Crippen LogP contribution in [-0.2, 0) is 9.53 Å². The van der Waals surface area contributed by atoms with Crippen molar-refractivity contribution >= 4 is 65.9 Å². The Morgan fingerprint density at radius 1 is 1.28 bits per heavy atom. The fourth-order valence-electron chi connectivity index (χ4n) is 1.16. The van der Waals surface area contributed by atoms with E-state index >= 15 is 0 Å². The van der Waals surface area contributed by atoms with Crippen molar-refractivity contribution in [2.24, 2.45) is 0 Å². The number of carbonyl (C=O) groups is 1. The van der Waals surface area contributed by atoms with Gasteiger partial charge in [0.15, 0.2) is 2.14 Å². The minimum atomic E-state index is -0.671. The maximum Gasteiger partial charge on any atom is 0.414 e. The molecule has 0 spiro atoms. The highest BCUT2D eigenvalue weighted by Crippen LogP contribution is 2.33. The lowest BCUT2D eigenvalue weighted by Gasteiger charge is -2.21. The highest BCUT2D eigenvalue weighted by Gasteiger charge is 2.23. The van der Waals surface area contributed by atoms with E-state index in [1.807, 2.05) is 6.07 Å². The Morgan fingerprint density at radius 3 is 2.39 bits per heavy atom. The lowest BCUT2D eigenvalue weighted by atomic mass is 10.3. The van der Waals surface area contributed by atoms with Crippen LogP contribution in [0.5, 0.6) is 0 Å². The zero-order valence-electron chi connectivity index (χ0n) is 9.11. The van der Waals surface area contributed by atoms with Gasteiger partial charge in [0.05, 0.1) is 6.54 Å². The Balaban J connectivity index is 2.73. The number of ether oxygens (including phenoxy) is 1. The number of alkyl halides is 3. The number of para-hydroxylation sites is 1. The SMILES string of the molecule is O=[C]CN(C(=O)OCC(Br)(Br)Br)c1ccccc1. The molecule has 0 aliphatic carbocycles. The monoisotopic (exact) mass is 440 g/mol. The average Bonchev–Trinajstić information content (AvgIpc) is 2.33. The molecule has 1 aromatic carbocycles. The molecule has 0 saturated heterocycles. The molecule has 0 unspecified atom stereocenters. The number of amides is 1. The number of halogens is 3. The van der Waals surface area contributed by atoms with Crippen LogP contribution in [0.3, 0.4) is 0 Å². The molecule has 0 fully saturated rings. The van der Waals surface area contributed by atoms with Gasteiger partial charge in [-0.05, 0) is 12.1 Å². The molecule has 4 nitrogen and oxygen atoms in total. The lowest BCUT2D eigenvalue weighted by Crippen LogP contribution is -2.34. The van der Waals surface area contributed by atoms with Gasteiger partial charge in [0.25, 0.3) is 0 Å². The third kappa shape index (κ3) is 5.49. The van der Waals surface area contributed by atoms with E-state index in [2.05, 4.69) is 47.8 Å². The second kappa shape index (κ2) is 7.25. The Kier molecular flexibility index (Phi) is 6.31. The molecule has 0 bridgehead atoms. The molecule has 1 radical (unpaired) electrons. The molecule has 0 N–H and O–H groups in total. The minimum absolute atomic E-state index is 0.0496. The van der Waals surface area contributed by atoms with E-state index in [9.17, 15) is 9.59 Å². The molecule has 1 aromatic rings. The van der Waals surface area contributed by atoms with E-state index in [1.54, 1.807) is 30.6 Å². The van der Waals surface area contributed by atoms with Crippen LogP contribution >= 0.6 is 47.8 Å². The van der Waals surface area contributed by atoms with Gasteiger partial charge in [0.1, 0.15) is 6.61 Å². The van der Waals surface area contributed by atoms with Gasteiger partial charge in [-0.2, -0.15) is 0 Å². The normalized spacial score (nSPS) is 10.8. The molecule has 0 aliphatic heterocycles. The number of benzene rings is 1. The summed E-state index contributed by atoms with van der Waals surface area (Å²) in [6.07, 6.45) is 1.07. The van der Waals surface area contributed by atoms with Gasteiger partial charge in [-0.3, -0.25) is 9.69 Å². The van der Waals surface area contributed by atoms with Crippen LogP contribution in [0.15, 0.2) is 30.3 Å². The van der Waals surface area contributed by atoms with Crippen molar-refractivity contribution in [1.82, 2.24) is 0 Å². The van der Waals surface area contributed by atoms with Gasteiger partial charge in [-0.1, -0.05) is 66.0 Å². The molecule has 7 heteroatoms. The van der Waals surface area contributed by atoms with E-state index in [0.717, 1.165) is 0 Å². The molecule has 18 heavy (non-hydrogen) atoms. The first kappa shape index (κ1) is 15.7. The summed E-state index contributed by atoms with van der Waals surface area (Å²) in [5.74, 6) is 0. The largest absolute Gasteiger partial charge is 0.446 e. The van der Waals surface area contributed by atoms with Gasteiger partial charge in [0, 0.05) is 5.69 Å². The zero-order chi connectivity index (χ0) is 13.6. The predicted octanol–water partition coefficient (Wildman–Crippen LogP) is 3.58. The molecule has 1 amide bonds. The van der Waals surface area contributed by atoms with Crippen molar-refractivity contribution in [3.05, 3.63) is 30.3 Å². The van der Waals surface area contributed by atoms with Crippen LogP contribution in [0.2, 0.25) is 0 Å². The molecule has 0 atom stereocenters. The van der Waals surface area contributed by atoms with Crippen LogP contribution in [0, 0.1) is 0 Å². The lowest BCUT2D eigenvalue weighted by molar-refractivity contribution is 0.159. The summed E-state index contributed by atoms with van der Waals surface area (Å²) in [6.45, 7) is -0.128. The van der Waals surface area contributed by atoms with Crippen molar-refractivity contribution in [3.8, 4) is 0 Å². The van der Waals surface area contributed by atoms with Gasteiger partial charge >= 0.3 is 6.09 Å². The molecule has 0 heterocycles. The van der Waals surface area contributed by atoms with Crippen molar-refractivity contribution < 1.29 is 14.3 Å². The zero-order valence-corrected chi connectivity index (χ0v) is 13.9. The summed E-state index contributed by atoms with van der Waals surface area (Å²) in [5, 5.41) is 0. The van der Waals surface area contributed by atoms with E-state index in [1.165, 1.54) is 4.90 Å². The van der Waals surface area contributed by atoms with Crippen molar-refractivity contribution in [3.63, 3.8) is 0 Å². The van der Waals surface area contributed by atoms with Crippen molar-refractivity contribution in [2.75, 3.05) is 18.1 Å². The first-order valence-electron chi connectivity index (χ1n) is 4.85. The second-order valence-electron chi connectivity index (χ2n) is 3.24. The number of nitrogens with zero attached hydrogens (tertiary/aromatic N) is 1. The maximum atomic E-state index is 11.8. The first-order valence-corrected chi connectivity index (χ1v) is 7.23. The number of hydrogen-bond donors (Lipinski definition) is 0. The fourth-order valence-corrected chi connectivity index (χ4v) is 1.50. The topological polar surface area (TPSA) is 46.6 Å². The standard InChI is InChI=1S/C11H9Br3NO3/c12-11(13,14)8-18-10(17)15(6-7-16)9-4-2-1-3-5-9/h1-5H,6,8H2. The highest BCUT2D eigenvalue weighted by molar-refractivity contribution is 9.39. The number of anilines is 1. The predicted molar refractivity (Wildman–Crippen MR) is 80.3 cm³/mol. The van der Waals surface area contributed by atoms with E-state index < -0.39 is 8.24 Å². The first-order chi connectivity index (χ1) is 8.44. The van der Waals surface area contributed by atoms with Crippen LogP contribution in [-0.4, -0.2) is 27.7 Å². The van der Waals surface area contributed by atoms with Crippen molar-refractivity contribution in [1.29, 1.82) is 0 Å². The number of rotatable bonds is 4. The van der Waals surface area contributed by atoms with Crippen LogP contribution < -0.4 is 4.90 Å². The molecular weight excluding hydrogens is 434 g/mol.